The van der Waals surface area contributed by atoms with E-state index in [1.54, 1.807) is 17.4 Å². The van der Waals surface area contributed by atoms with Gasteiger partial charge >= 0.3 is 6.09 Å². The Bertz CT molecular complexity index is 969. The zero-order valence-corrected chi connectivity index (χ0v) is 17.6. The van der Waals surface area contributed by atoms with E-state index in [-0.39, 0.29) is 6.10 Å². The van der Waals surface area contributed by atoms with Gasteiger partial charge in [-0.1, -0.05) is 30.3 Å². The van der Waals surface area contributed by atoms with E-state index in [9.17, 15) is 4.79 Å². The fraction of sp³-hybridized carbons (Fsp3) is 0.250. The molecular weight excluding hydrogens is 477 g/mol. The summed E-state index contributed by atoms with van der Waals surface area (Å²) in [6.45, 7) is 3.66. The average Bonchev–Trinajstić information content (AvgIpc) is 3.43. The number of amides is 1. The van der Waals surface area contributed by atoms with Gasteiger partial charge in [0, 0.05) is 18.0 Å². The number of fused-ring (bicyclic) bond motifs is 1. The van der Waals surface area contributed by atoms with Crippen LogP contribution in [0.25, 0.3) is 10.1 Å². The minimum atomic E-state index is -0.482. The third-order valence-corrected chi connectivity index (χ3v) is 6.40. The van der Waals surface area contributed by atoms with E-state index >= 15 is 0 Å². The molecule has 0 bridgehead atoms. The first kappa shape index (κ1) is 18.5. The zero-order chi connectivity index (χ0) is 18.8. The summed E-state index contributed by atoms with van der Waals surface area (Å²) in [6.07, 6.45) is -0.368. The molecule has 2 aromatic carbocycles. The number of epoxide rings is 1. The van der Waals surface area contributed by atoms with Crippen LogP contribution >= 0.6 is 33.9 Å². The second-order valence-corrected chi connectivity index (χ2v) is 8.27. The monoisotopic (exact) mass is 495 g/mol. The van der Waals surface area contributed by atoms with E-state index in [2.05, 4.69) is 40.2 Å². The molecule has 1 saturated heterocycles. The summed E-state index contributed by atoms with van der Waals surface area (Å²) >= 11 is 3.86. The van der Waals surface area contributed by atoms with Gasteiger partial charge in [0.25, 0.3) is 0 Å². The number of nitrogens with one attached hydrogen (secondary N) is 1. The van der Waals surface area contributed by atoms with E-state index in [0.717, 1.165) is 30.5 Å². The Hall–Kier alpha value is -1.84. The van der Waals surface area contributed by atoms with Crippen molar-refractivity contribution in [2.24, 2.45) is 0 Å². The van der Waals surface area contributed by atoms with Crippen LogP contribution in [0.4, 0.5) is 4.79 Å². The van der Waals surface area contributed by atoms with Crippen LogP contribution < -0.4 is 14.8 Å². The molecule has 3 aromatic rings. The first-order chi connectivity index (χ1) is 13.1. The number of thiophene rings is 1. The van der Waals surface area contributed by atoms with Crippen molar-refractivity contribution in [3.05, 3.63) is 56.5 Å². The molecule has 1 amide bonds. The van der Waals surface area contributed by atoms with E-state index in [1.807, 2.05) is 30.3 Å². The Balaban J connectivity index is 1.59. The van der Waals surface area contributed by atoms with Crippen molar-refractivity contribution in [1.29, 1.82) is 0 Å². The Labute approximate surface area is 174 Å². The molecule has 1 aliphatic heterocycles. The predicted octanol–water partition coefficient (Wildman–Crippen LogP) is 4.88. The third kappa shape index (κ3) is 4.36. The molecule has 1 aromatic heterocycles. The maximum absolute atomic E-state index is 12.1. The average molecular weight is 495 g/mol. The molecule has 0 aliphatic carbocycles. The molecular formula is C20H18INO4S. The number of ether oxygens (including phenoxy) is 3. The highest BCUT2D eigenvalue weighted by molar-refractivity contribution is 14.1. The molecule has 0 radical (unpaired) electrons. The largest absolute Gasteiger partial charge is 0.487 e. The van der Waals surface area contributed by atoms with Crippen molar-refractivity contribution in [2.45, 2.75) is 19.6 Å². The van der Waals surface area contributed by atoms with Gasteiger partial charge in [0.2, 0.25) is 0 Å². The van der Waals surface area contributed by atoms with Crippen LogP contribution in [0.15, 0.2) is 41.8 Å². The van der Waals surface area contributed by atoms with Crippen LogP contribution in [0.1, 0.15) is 11.1 Å². The maximum atomic E-state index is 12.1. The lowest BCUT2D eigenvalue weighted by Gasteiger charge is -2.13. The Kier molecular flexibility index (Phi) is 5.51. The zero-order valence-electron chi connectivity index (χ0n) is 14.7. The Morgan fingerprint density at radius 2 is 2.11 bits per heavy atom. The van der Waals surface area contributed by atoms with Gasteiger partial charge in [0.05, 0.1) is 21.0 Å². The van der Waals surface area contributed by atoms with Crippen molar-refractivity contribution in [1.82, 2.24) is 5.32 Å². The molecule has 2 heterocycles. The fourth-order valence-electron chi connectivity index (χ4n) is 2.71. The molecule has 1 fully saturated rings. The van der Waals surface area contributed by atoms with Crippen molar-refractivity contribution >= 4 is 50.1 Å². The van der Waals surface area contributed by atoms with Crippen LogP contribution in [-0.2, 0) is 11.3 Å². The first-order valence-electron chi connectivity index (χ1n) is 8.56. The van der Waals surface area contributed by atoms with Crippen molar-refractivity contribution in [2.75, 3.05) is 13.2 Å². The normalized spacial score (nSPS) is 15.6. The van der Waals surface area contributed by atoms with Gasteiger partial charge in [0.15, 0.2) is 5.75 Å². The number of aryl methyl sites for hydroxylation is 1. The highest BCUT2D eigenvalue weighted by Gasteiger charge is 2.24. The van der Waals surface area contributed by atoms with Crippen LogP contribution in [0.2, 0.25) is 0 Å². The van der Waals surface area contributed by atoms with Crippen molar-refractivity contribution < 1.29 is 19.0 Å². The lowest BCUT2D eigenvalue weighted by Crippen LogP contribution is -2.30. The summed E-state index contributed by atoms with van der Waals surface area (Å²) in [5.74, 6) is 1.22. The van der Waals surface area contributed by atoms with E-state index in [0.29, 0.717) is 25.5 Å². The molecule has 4 rings (SSSR count). The van der Waals surface area contributed by atoms with Gasteiger partial charge in [-0.3, -0.25) is 0 Å². The number of carbonyl (C=O) groups is 1. The second kappa shape index (κ2) is 8.04. The molecule has 1 N–H and O–H groups in total. The molecule has 0 unspecified atom stereocenters. The van der Waals surface area contributed by atoms with Gasteiger partial charge in [-0.25, -0.2) is 4.79 Å². The minimum absolute atomic E-state index is 0.114. The fourth-order valence-corrected chi connectivity index (χ4v) is 4.88. The van der Waals surface area contributed by atoms with Crippen LogP contribution in [0, 0.1) is 10.5 Å². The highest BCUT2D eigenvalue weighted by Crippen LogP contribution is 2.42. The summed E-state index contributed by atoms with van der Waals surface area (Å²) in [5.41, 5.74) is 2.23. The van der Waals surface area contributed by atoms with Gasteiger partial charge in [0.1, 0.15) is 12.4 Å². The summed E-state index contributed by atoms with van der Waals surface area (Å²) in [7, 11) is 0. The third-order valence-electron chi connectivity index (χ3n) is 4.21. The Morgan fingerprint density at radius 3 is 2.85 bits per heavy atom. The number of carbonyl (C=O) groups excluding carboxylic acids is 1. The van der Waals surface area contributed by atoms with E-state index in [1.165, 1.54) is 0 Å². The van der Waals surface area contributed by atoms with Crippen LogP contribution in [0.3, 0.4) is 0 Å². The van der Waals surface area contributed by atoms with Crippen molar-refractivity contribution in [3.8, 4) is 11.5 Å². The van der Waals surface area contributed by atoms with Crippen molar-refractivity contribution in [3.63, 3.8) is 0 Å². The maximum Gasteiger partial charge on any atom is 0.412 e. The molecule has 140 valence electrons. The summed E-state index contributed by atoms with van der Waals surface area (Å²) in [6, 6.07) is 11.8. The highest BCUT2D eigenvalue weighted by atomic mass is 127. The van der Waals surface area contributed by atoms with E-state index < -0.39 is 6.09 Å². The number of benzene rings is 2. The van der Waals surface area contributed by atoms with Gasteiger partial charge in [-0.2, -0.15) is 0 Å². The van der Waals surface area contributed by atoms with Gasteiger partial charge < -0.3 is 19.5 Å². The second-order valence-electron chi connectivity index (χ2n) is 6.31. The number of rotatable bonds is 6. The summed E-state index contributed by atoms with van der Waals surface area (Å²) in [5, 5.41) is 5.89. The topological polar surface area (TPSA) is 60.1 Å². The molecule has 0 saturated carbocycles. The van der Waals surface area contributed by atoms with Gasteiger partial charge in [-0.15, -0.1) is 11.3 Å². The standard InChI is InChI=1S/C20H18INO4S/c1-12-11-27-19-16(25-9-13-5-3-2-4-6-13)7-15(18(21)17(12)19)26-20(23)22-8-14-10-24-14/h2-7,11,14H,8-10H2,1H3,(H,22,23)/t14-/m0/s1. The Morgan fingerprint density at radius 1 is 1.33 bits per heavy atom. The molecule has 7 heteroatoms. The summed E-state index contributed by atoms with van der Waals surface area (Å²) in [4.78, 5) is 12.1. The number of hydrogen-bond acceptors (Lipinski definition) is 5. The smallest absolute Gasteiger partial charge is 0.412 e. The van der Waals surface area contributed by atoms with Gasteiger partial charge in [-0.05, 0) is 46.0 Å². The predicted molar refractivity (Wildman–Crippen MR) is 114 cm³/mol. The van der Waals surface area contributed by atoms with E-state index in [4.69, 9.17) is 14.2 Å². The molecule has 5 nitrogen and oxygen atoms in total. The lowest BCUT2D eigenvalue weighted by atomic mass is 10.2. The molecule has 27 heavy (non-hydrogen) atoms. The SMILES string of the molecule is Cc1csc2c(OCc3ccccc3)cc(OC(=O)NC[C@H]3CO3)c(I)c12. The first-order valence-corrected chi connectivity index (χ1v) is 10.5. The number of halogens is 1. The van der Waals surface area contributed by atoms with Crippen LogP contribution in [-0.4, -0.2) is 25.3 Å². The quantitative estimate of drug-likeness (QED) is 0.391. The molecule has 1 atom stereocenters. The molecule has 1 aliphatic rings. The van der Waals surface area contributed by atoms with Crippen LogP contribution in [0.5, 0.6) is 11.5 Å². The lowest BCUT2D eigenvalue weighted by molar-refractivity contribution is 0.198. The number of hydrogen-bond donors (Lipinski definition) is 1. The summed E-state index contributed by atoms with van der Waals surface area (Å²) < 4.78 is 18.7. The minimum Gasteiger partial charge on any atom is -0.487 e. The molecule has 0 spiro atoms.